The Bertz CT molecular complexity index is 276. The molecule has 5 heteroatoms. The number of carbonyl (C=O) groups excluding carboxylic acids is 2. The van der Waals surface area contributed by atoms with Crippen molar-refractivity contribution in [2.45, 2.75) is 72.1 Å². The number of hydrogen-bond acceptors (Lipinski definition) is 4. The molecule has 20 heavy (non-hydrogen) atoms. The maximum absolute atomic E-state index is 11.2. The number of carbonyl (C=O) groups is 2. The predicted octanol–water partition coefficient (Wildman–Crippen LogP) is 0.888. The number of rotatable bonds is 11. The van der Waals surface area contributed by atoms with Crippen LogP contribution in [0.25, 0.3) is 0 Å². The minimum Gasteiger partial charge on any atom is -0.549 e. The van der Waals surface area contributed by atoms with Gasteiger partial charge in [-0.15, -0.1) is 0 Å². The van der Waals surface area contributed by atoms with E-state index >= 15 is 0 Å². The molecular weight excluding hydrogens is 381 g/mol. The third-order valence-corrected chi connectivity index (χ3v) is 3.89. The molecule has 0 atom stereocenters. The second-order valence-corrected chi connectivity index (χ2v) is 5.57. The van der Waals surface area contributed by atoms with Gasteiger partial charge in [-0.2, -0.15) is 0 Å². The first-order valence-corrected chi connectivity index (χ1v) is 7.32. The summed E-state index contributed by atoms with van der Waals surface area (Å²) in [5.74, 6) is -3.57. The van der Waals surface area contributed by atoms with Gasteiger partial charge in [0.1, 0.15) is 0 Å². The fourth-order valence-electron chi connectivity index (χ4n) is 2.41. The van der Waals surface area contributed by atoms with E-state index in [0.29, 0.717) is 6.42 Å². The van der Waals surface area contributed by atoms with Gasteiger partial charge in [0.15, 0.2) is 0 Å². The molecule has 0 aromatic heterocycles. The third-order valence-electron chi connectivity index (χ3n) is 3.89. The Morgan fingerprint density at radius 2 is 1.30 bits per heavy atom. The van der Waals surface area contributed by atoms with E-state index in [1.54, 1.807) is 13.8 Å². The smallest absolute Gasteiger partial charge is 0.549 e. The standard InChI is InChI=1S/C15H28O4.Ba/c1-4-5-6-7-8-9-10-11-15(12(2)3,13(16)17)14(18)19;/h12H,4-11H2,1-3H3,(H,16,17)(H,18,19);/q;+2/p-2. The Balaban J connectivity index is 0. The van der Waals surface area contributed by atoms with Crippen molar-refractivity contribution in [3.8, 4) is 0 Å². The minimum absolute atomic E-state index is 0. The van der Waals surface area contributed by atoms with Gasteiger partial charge in [-0.25, -0.2) is 0 Å². The summed E-state index contributed by atoms with van der Waals surface area (Å²) in [5, 5.41) is 22.4. The third kappa shape index (κ3) is 6.98. The molecule has 0 aliphatic rings. The van der Waals surface area contributed by atoms with E-state index in [0.717, 1.165) is 19.3 Å². The predicted molar refractivity (Wildman–Crippen MR) is 75.6 cm³/mol. The number of carboxylic acids is 2. The van der Waals surface area contributed by atoms with Crippen LogP contribution in [0.2, 0.25) is 0 Å². The summed E-state index contributed by atoms with van der Waals surface area (Å²) in [4.78, 5) is 22.4. The minimum atomic E-state index is -1.84. The van der Waals surface area contributed by atoms with Crippen LogP contribution < -0.4 is 10.2 Å². The molecule has 0 saturated carbocycles. The van der Waals surface area contributed by atoms with Gasteiger partial charge < -0.3 is 19.8 Å². The Morgan fingerprint density at radius 1 is 0.900 bits per heavy atom. The Labute approximate surface area is 162 Å². The van der Waals surface area contributed by atoms with Crippen LogP contribution in [0.1, 0.15) is 72.1 Å². The van der Waals surface area contributed by atoms with Crippen LogP contribution in [0.4, 0.5) is 0 Å². The van der Waals surface area contributed by atoms with Crippen molar-refractivity contribution in [1.82, 2.24) is 0 Å². The van der Waals surface area contributed by atoms with Crippen molar-refractivity contribution >= 4 is 60.8 Å². The molecule has 0 aliphatic carbocycles. The molecule has 0 N–H and O–H groups in total. The van der Waals surface area contributed by atoms with E-state index < -0.39 is 23.3 Å². The summed E-state index contributed by atoms with van der Waals surface area (Å²) in [7, 11) is 0. The molecule has 0 amide bonds. The first kappa shape index (κ1) is 22.8. The van der Waals surface area contributed by atoms with Gasteiger partial charge in [0.2, 0.25) is 0 Å². The molecule has 0 aromatic carbocycles. The second-order valence-electron chi connectivity index (χ2n) is 5.57. The van der Waals surface area contributed by atoms with Crippen molar-refractivity contribution < 1.29 is 19.8 Å². The molecule has 4 nitrogen and oxygen atoms in total. The van der Waals surface area contributed by atoms with Crippen molar-refractivity contribution in [3.05, 3.63) is 0 Å². The van der Waals surface area contributed by atoms with Gasteiger partial charge in [-0.3, -0.25) is 0 Å². The average Bonchev–Trinajstić information content (AvgIpc) is 2.31. The normalized spacial score (nSPS) is 11.2. The largest absolute Gasteiger partial charge is 2.00 e. The maximum Gasteiger partial charge on any atom is 2.00 e. The molecular formula is C15H26BaO4. The van der Waals surface area contributed by atoms with Gasteiger partial charge in [0.05, 0.1) is 17.4 Å². The van der Waals surface area contributed by atoms with E-state index in [1.807, 2.05) is 0 Å². The van der Waals surface area contributed by atoms with Gasteiger partial charge in [0.25, 0.3) is 0 Å². The summed E-state index contributed by atoms with van der Waals surface area (Å²) >= 11 is 0. The summed E-state index contributed by atoms with van der Waals surface area (Å²) < 4.78 is 0. The molecule has 0 fully saturated rings. The van der Waals surface area contributed by atoms with Crippen LogP contribution in [0, 0.1) is 11.3 Å². The molecule has 0 heterocycles. The molecule has 0 radical (unpaired) electrons. The zero-order chi connectivity index (χ0) is 14.9. The van der Waals surface area contributed by atoms with Crippen LogP contribution >= 0.6 is 0 Å². The first-order valence-electron chi connectivity index (χ1n) is 7.32. The van der Waals surface area contributed by atoms with Gasteiger partial charge in [-0.1, -0.05) is 65.7 Å². The van der Waals surface area contributed by atoms with Crippen molar-refractivity contribution in [1.29, 1.82) is 0 Å². The van der Waals surface area contributed by atoms with Crippen molar-refractivity contribution in [2.24, 2.45) is 11.3 Å². The van der Waals surface area contributed by atoms with E-state index in [-0.39, 0.29) is 55.3 Å². The van der Waals surface area contributed by atoms with E-state index in [1.165, 1.54) is 19.3 Å². The molecule has 0 unspecified atom stereocenters. The summed E-state index contributed by atoms with van der Waals surface area (Å²) in [6, 6.07) is 0. The van der Waals surface area contributed by atoms with Crippen molar-refractivity contribution in [3.63, 3.8) is 0 Å². The zero-order valence-corrected chi connectivity index (χ0v) is 17.5. The average molecular weight is 408 g/mol. The van der Waals surface area contributed by atoms with E-state index in [4.69, 9.17) is 0 Å². The summed E-state index contributed by atoms with van der Waals surface area (Å²) in [6.45, 7) is 5.33. The second kappa shape index (κ2) is 12.1. The quantitative estimate of drug-likeness (QED) is 0.289. The first-order chi connectivity index (χ1) is 8.89. The molecule has 112 valence electrons. The van der Waals surface area contributed by atoms with Gasteiger partial charge >= 0.3 is 48.9 Å². The monoisotopic (exact) mass is 408 g/mol. The number of hydrogen-bond donors (Lipinski definition) is 0. The summed E-state index contributed by atoms with van der Waals surface area (Å²) in [6.07, 6.45) is 7.29. The molecule has 0 saturated heterocycles. The fourth-order valence-corrected chi connectivity index (χ4v) is 2.41. The van der Waals surface area contributed by atoms with Crippen LogP contribution in [-0.2, 0) is 9.59 Å². The van der Waals surface area contributed by atoms with Crippen LogP contribution in [0.3, 0.4) is 0 Å². The van der Waals surface area contributed by atoms with Crippen LogP contribution in [0.15, 0.2) is 0 Å². The molecule has 0 bridgehead atoms. The molecule has 0 rings (SSSR count). The van der Waals surface area contributed by atoms with E-state index in [9.17, 15) is 19.8 Å². The number of carboxylic acid groups (broad SMARTS) is 2. The van der Waals surface area contributed by atoms with Crippen LogP contribution in [0.5, 0.6) is 0 Å². The molecule has 0 spiro atoms. The zero-order valence-electron chi connectivity index (χ0n) is 13.1. The van der Waals surface area contributed by atoms with Crippen LogP contribution in [-0.4, -0.2) is 60.8 Å². The Morgan fingerprint density at radius 3 is 1.65 bits per heavy atom. The topological polar surface area (TPSA) is 80.3 Å². The van der Waals surface area contributed by atoms with Crippen molar-refractivity contribution in [2.75, 3.05) is 0 Å². The fraction of sp³-hybridized carbons (Fsp3) is 0.867. The molecule has 0 aromatic rings. The maximum atomic E-state index is 11.2. The summed E-state index contributed by atoms with van der Waals surface area (Å²) in [5.41, 5.74) is -1.84. The number of unbranched alkanes of at least 4 members (excludes halogenated alkanes) is 6. The SMILES string of the molecule is CCCCCCCCCC(C(=O)[O-])(C(=O)[O-])C(C)C.[Ba+2]. The van der Waals surface area contributed by atoms with Gasteiger partial charge in [-0.05, 0) is 12.3 Å². The van der Waals surface area contributed by atoms with E-state index in [2.05, 4.69) is 6.92 Å². The Kier molecular flexibility index (Phi) is 13.8. The number of aliphatic carboxylic acids is 2. The molecule has 0 aliphatic heterocycles. The van der Waals surface area contributed by atoms with Gasteiger partial charge in [0, 0.05) is 0 Å². The Hall–Kier alpha value is 0.511.